The van der Waals surface area contributed by atoms with Crippen molar-refractivity contribution in [1.29, 1.82) is 0 Å². The highest BCUT2D eigenvalue weighted by atomic mass is 35.5. The Morgan fingerprint density at radius 1 is 1.35 bits per heavy atom. The predicted molar refractivity (Wildman–Crippen MR) is 93.0 cm³/mol. The van der Waals surface area contributed by atoms with Crippen LogP contribution in [-0.2, 0) is 9.53 Å². The first-order valence-electron chi connectivity index (χ1n) is 7.94. The van der Waals surface area contributed by atoms with E-state index in [-0.39, 0.29) is 24.2 Å². The average molecular weight is 343 g/mol. The summed E-state index contributed by atoms with van der Waals surface area (Å²) < 4.78 is 10.9. The van der Waals surface area contributed by atoms with Gasteiger partial charge in [0.25, 0.3) is 0 Å². The first-order valence-corrected chi connectivity index (χ1v) is 7.94. The molecule has 6 heteroatoms. The largest absolute Gasteiger partial charge is 0.494 e. The molecule has 0 aliphatic carbocycles. The second kappa shape index (κ2) is 10.5. The van der Waals surface area contributed by atoms with Crippen molar-refractivity contribution in [3.63, 3.8) is 0 Å². The number of likely N-dealkylation sites (N-methyl/N-ethyl adjacent to an activating group) is 1. The third kappa shape index (κ3) is 6.37. The van der Waals surface area contributed by atoms with Crippen LogP contribution in [-0.4, -0.2) is 50.3 Å². The normalized spacial score (nSPS) is 16.3. The number of para-hydroxylation sites is 1. The molecule has 0 spiro atoms. The van der Waals surface area contributed by atoms with Crippen molar-refractivity contribution in [2.45, 2.75) is 25.3 Å². The standard InChI is InChI=1S/C17H26N2O3.ClH/c1-19(10-5-11-22-15-6-3-2-4-7-15)17(20)16(18)14-8-12-21-13-9-14;/h2-4,6-7,14,16H,5,8-13,18H2,1H3;1H. The highest BCUT2D eigenvalue weighted by Crippen LogP contribution is 2.18. The molecule has 2 rings (SSSR count). The smallest absolute Gasteiger partial charge is 0.239 e. The van der Waals surface area contributed by atoms with Gasteiger partial charge in [-0.1, -0.05) is 18.2 Å². The fourth-order valence-electron chi connectivity index (χ4n) is 2.65. The minimum Gasteiger partial charge on any atom is -0.494 e. The molecular weight excluding hydrogens is 316 g/mol. The molecule has 1 aliphatic rings. The third-order valence-corrected chi connectivity index (χ3v) is 4.08. The summed E-state index contributed by atoms with van der Waals surface area (Å²) >= 11 is 0. The van der Waals surface area contributed by atoms with Crippen LogP contribution in [0.1, 0.15) is 19.3 Å². The molecule has 130 valence electrons. The molecule has 1 atom stereocenters. The van der Waals surface area contributed by atoms with E-state index in [2.05, 4.69) is 0 Å². The molecule has 0 bridgehead atoms. The van der Waals surface area contributed by atoms with Crippen LogP contribution >= 0.6 is 12.4 Å². The maximum atomic E-state index is 12.3. The van der Waals surface area contributed by atoms with Gasteiger partial charge in [-0.3, -0.25) is 4.79 Å². The molecule has 1 amide bonds. The van der Waals surface area contributed by atoms with Crippen LogP contribution in [0.5, 0.6) is 5.75 Å². The Bertz CT molecular complexity index is 452. The van der Waals surface area contributed by atoms with Gasteiger partial charge in [0.2, 0.25) is 5.91 Å². The van der Waals surface area contributed by atoms with Gasteiger partial charge >= 0.3 is 0 Å². The molecule has 1 aliphatic heterocycles. The van der Waals surface area contributed by atoms with Crippen molar-refractivity contribution in [3.05, 3.63) is 30.3 Å². The quantitative estimate of drug-likeness (QED) is 0.771. The molecule has 5 nitrogen and oxygen atoms in total. The summed E-state index contributed by atoms with van der Waals surface area (Å²) in [5.41, 5.74) is 6.11. The number of nitrogens with zero attached hydrogens (tertiary/aromatic N) is 1. The lowest BCUT2D eigenvalue weighted by Gasteiger charge is -2.29. The Kier molecular flexibility index (Phi) is 8.99. The van der Waals surface area contributed by atoms with E-state index >= 15 is 0 Å². The summed E-state index contributed by atoms with van der Waals surface area (Å²) in [5.74, 6) is 1.12. The van der Waals surface area contributed by atoms with Crippen molar-refractivity contribution >= 4 is 18.3 Å². The van der Waals surface area contributed by atoms with Crippen LogP contribution in [0.25, 0.3) is 0 Å². The second-order valence-electron chi connectivity index (χ2n) is 5.75. The number of rotatable bonds is 7. The van der Waals surface area contributed by atoms with E-state index in [0.717, 1.165) is 25.0 Å². The summed E-state index contributed by atoms with van der Waals surface area (Å²) in [6.45, 7) is 2.66. The maximum absolute atomic E-state index is 12.3. The van der Waals surface area contributed by atoms with E-state index < -0.39 is 6.04 Å². The van der Waals surface area contributed by atoms with Gasteiger partial charge < -0.3 is 20.1 Å². The Morgan fingerprint density at radius 3 is 2.65 bits per heavy atom. The molecular formula is C17H27ClN2O3. The van der Waals surface area contributed by atoms with E-state index in [0.29, 0.717) is 26.4 Å². The fourth-order valence-corrected chi connectivity index (χ4v) is 2.65. The van der Waals surface area contributed by atoms with Crippen LogP contribution in [0.4, 0.5) is 0 Å². The van der Waals surface area contributed by atoms with Gasteiger partial charge in [0.15, 0.2) is 0 Å². The summed E-state index contributed by atoms with van der Waals surface area (Å²) in [6.07, 6.45) is 2.54. The number of benzene rings is 1. The molecule has 23 heavy (non-hydrogen) atoms. The number of nitrogens with two attached hydrogens (primary N) is 1. The number of hydrogen-bond acceptors (Lipinski definition) is 4. The van der Waals surface area contributed by atoms with Gasteiger partial charge in [0.1, 0.15) is 5.75 Å². The SMILES string of the molecule is CN(CCCOc1ccccc1)C(=O)C(N)C1CCOCC1.Cl. The number of hydrogen-bond donors (Lipinski definition) is 1. The molecule has 1 saturated heterocycles. The molecule has 0 saturated carbocycles. The lowest BCUT2D eigenvalue weighted by molar-refractivity contribution is -0.133. The lowest BCUT2D eigenvalue weighted by atomic mass is 9.91. The summed E-state index contributed by atoms with van der Waals surface area (Å²) in [4.78, 5) is 14.0. The number of carbonyl (C=O) groups excluding carboxylic acids is 1. The zero-order valence-electron chi connectivity index (χ0n) is 13.6. The molecule has 1 fully saturated rings. The zero-order valence-corrected chi connectivity index (χ0v) is 14.5. The summed E-state index contributed by atoms with van der Waals surface area (Å²) in [5, 5.41) is 0. The Morgan fingerprint density at radius 2 is 2.00 bits per heavy atom. The minimum absolute atomic E-state index is 0. The highest BCUT2D eigenvalue weighted by molar-refractivity contribution is 5.85. The second-order valence-corrected chi connectivity index (χ2v) is 5.75. The first-order chi connectivity index (χ1) is 10.7. The van der Waals surface area contributed by atoms with Gasteiger partial charge in [0.05, 0.1) is 12.6 Å². The van der Waals surface area contributed by atoms with E-state index in [9.17, 15) is 4.79 Å². The molecule has 1 aromatic carbocycles. The van der Waals surface area contributed by atoms with Crippen molar-refractivity contribution < 1.29 is 14.3 Å². The number of ether oxygens (including phenoxy) is 2. The zero-order chi connectivity index (χ0) is 15.8. The van der Waals surface area contributed by atoms with Gasteiger partial charge in [-0.15, -0.1) is 12.4 Å². The van der Waals surface area contributed by atoms with Gasteiger partial charge in [-0.05, 0) is 37.3 Å². The van der Waals surface area contributed by atoms with Gasteiger partial charge in [-0.25, -0.2) is 0 Å². The predicted octanol–water partition coefficient (Wildman–Crippen LogP) is 2.09. The molecule has 0 aromatic heterocycles. The third-order valence-electron chi connectivity index (χ3n) is 4.08. The molecule has 1 unspecified atom stereocenters. The van der Waals surface area contributed by atoms with Crippen molar-refractivity contribution in [2.75, 3.05) is 33.4 Å². The van der Waals surface area contributed by atoms with Crippen molar-refractivity contribution in [1.82, 2.24) is 4.90 Å². The molecule has 2 N–H and O–H groups in total. The van der Waals surface area contributed by atoms with Gasteiger partial charge in [0, 0.05) is 26.8 Å². The Balaban J connectivity index is 0.00000264. The van der Waals surface area contributed by atoms with Crippen LogP contribution in [0.15, 0.2) is 30.3 Å². The summed E-state index contributed by atoms with van der Waals surface area (Å²) in [7, 11) is 1.81. The van der Waals surface area contributed by atoms with Crippen LogP contribution in [0, 0.1) is 5.92 Å². The maximum Gasteiger partial charge on any atom is 0.239 e. The van der Waals surface area contributed by atoms with Crippen LogP contribution < -0.4 is 10.5 Å². The van der Waals surface area contributed by atoms with E-state index in [4.69, 9.17) is 15.2 Å². The van der Waals surface area contributed by atoms with E-state index in [1.54, 1.807) is 4.90 Å². The topological polar surface area (TPSA) is 64.8 Å². The van der Waals surface area contributed by atoms with Crippen molar-refractivity contribution in [3.8, 4) is 5.75 Å². The molecule has 1 heterocycles. The molecule has 0 radical (unpaired) electrons. The number of amides is 1. The highest BCUT2D eigenvalue weighted by Gasteiger charge is 2.28. The number of carbonyl (C=O) groups is 1. The lowest BCUT2D eigenvalue weighted by Crippen LogP contribution is -2.48. The first kappa shape index (κ1) is 19.7. The Labute approximate surface area is 144 Å². The van der Waals surface area contributed by atoms with E-state index in [1.807, 2.05) is 37.4 Å². The monoisotopic (exact) mass is 342 g/mol. The van der Waals surface area contributed by atoms with E-state index in [1.165, 1.54) is 0 Å². The van der Waals surface area contributed by atoms with Crippen molar-refractivity contribution in [2.24, 2.45) is 11.7 Å². The summed E-state index contributed by atoms with van der Waals surface area (Å²) in [6, 6.07) is 9.28. The molecule has 1 aromatic rings. The number of halogens is 1. The van der Waals surface area contributed by atoms with Crippen LogP contribution in [0.3, 0.4) is 0 Å². The minimum atomic E-state index is -0.413. The van der Waals surface area contributed by atoms with Crippen LogP contribution in [0.2, 0.25) is 0 Å². The fraction of sp³-hybridized carbons (Fsp3) is 0.588. The Hall–Kier alpha value is -1.30. The van der Waals surface area contributed by atoms with Gasteiger partial charge in [-0.2, -0.15) is 0 Å². The average Bonchev–Trinajstić information content (AvgIpc) is 2.59.